The number of alkyl halides is 3. The third-order valence-electron chi connectivity index (χ3n) is 2.43. The number of anilines is 1. The molecule has 19 heavy (non-hydrogen) atoms. The molecule has 0 aliphatic rings. The van der Waals surface area contributed by atoms with Gasteiger partial charge >= 0.3 is 6.18 Å². The summed E-state index contributed by atoms with van der Waals surface area (Å²) in [6.45, 7) is 0. The van der Waals surface area contributed by atoms with Crippen molar-refractivity contribution in [3.8, 4) is 11.6 Å². The molecule has 0 radical (unpaired) electrons. The first-order valence-corrected chi connectivity index (χ1v) is 5.48. The first kappa shape index (κ1) is 13.2. The van der Waals surface area contributed by atoms with Crippen LogP contribution >= 0.6 is 0 Å². The first-order chi connectivity index (χ1) is 8.99. The van der Waals surface area contributed by atoms with Crippen LogP contribution in [0, 0.1) is 0 Å². The molecule has 1 aromatic carbocycles. The fourth-order valence-electron chi connectivity index (χ4n) is 1.45. The molecule has 0 aliphatic heterocycles. The van der Waals surface area contributed by atoms with Crippen molar-refractivity contribution in [1.29, 1.82) is 0 Å². The number of rotatable bonds is 3. The second-order valence-electron chi connectivity index (χ2n) is 3.76. The van der Waals surface area contributed by atoms with E-state index in [1.54, 1.807) is 25.4 Å². The number of hydrogen-bond donors (Lipinski definition) is 1. The lowest BCUT2D eigenvalue weighted by Gasteiger charge is -2.09. The zero-order valence-electron chi connectivity index (χ0n) is 10.0. The molecular weight excluding hydrogens is 257 g/mol. The van der Waals surface area contributed by atoms with Crippen LogP contribution in [0.3, 0.4) is 0 Å². The first-order valence-electron chi connectivity index (χ1n) is 5.48. The minimum atomic E-state index is -4.34. The molecule has 0 aliphatic carbocycles. The molecule has 100 valence electrons. The van der Waals surface area contributed by atoms with E-state index in [1.165, 1.54) is 12.1 Å². The average Bonchev–Trinajstić information content (AvgIpc) is 2.38. The Morgan fingerprint density at radius 1 is 1.11 bits per heavy atom. The molecule has 1 N–H and O–H groups in total. The van der Waals surface area contributed by atoms with Gasteiger partial charge in [0.05, 0.1) is 5.56 Å². The topological polar surface area (TPSA) is 34.2 Å². The van der Waals surface area contributed by atoms with Gasteiger partial charge in [-0.25, -0.2) is 4.98 Å². The fraction of sp³-hybridized carbons (Fsp3) is 0.154. The monoisotopic (exact) mass is 268 g/mol. The van der Waals surface area contributed by atoms with Crippen LogP contribution in [0.4, 0.5) is 18.9 Å². The Labute approximate surface area is 108 Å². The maximum atomic E-state index is 12.4. The van der Waals surface area contributed by atoms with Crippen LogP contribution < -0.4 is 10.1 Å². The number of aromatic nitrogens is 1. The Kier molecular flexibility index (Phi) is 3.59. The summed E-state index contributed by atoms with van der Waals surface area (Å²) < 4.78 is 42.5. The van der Waals surface area contributed by atoms with Gasteiger partial charge in [-0.15, -0.1) is 0 Å². The molecule has 0 bridgehead atoms. The summed E-state index contributed by atoms with van der Waals surface area (Å²) >= 11 is 0. The summed E-state index contributed by atoms with van der Waals surface area (Å²) in [6, 6.07) is 7.86. The summed E-state index contributed by atoms with van der Waals surface area (Å²) in [5.41, 5.74) is 0.0914. The van der Waals surface area contributed by atoms with E-state index >= 15 is 0 Å². The van der Waals surface area contributed by atoms with Crippen LogP contribution in [-0.4, -0.2) is 12.0 Å². The Morgan fingerprint density at radius 2 is 1.79 bits per heavy atom. The normalized spacial score (nSPS) is 11.2. The van der Waals surface area contributed by atoms with Gasteiger partial charge in [0.1, 0.15) is 5.75 Å². The minimum Gasteiger partial charge on any atom is -0.439 e. The number of benzene rings is 1. The summed E-state index contributed by atoms with van der Waals surface area (Å²) in [5.74, 6) is 0.611. The molecule has 0 spiro atoms. The number of nitrogens with one attached hydrogen (secondary N) is 1. The van der Waals surface area contributed by atoms with E-state index in [2.05, 4.69) is 10.3 Å². The lowest BCUT2D eigenvalue weighted by Crippen LogP contribution is -2.04. The molecule has 2 aromatic rings. The Bertz CT molecular complexity index is 553. The van der Waals surface area contributed by atoms with Crippen LogP contribution in [0.1, 0.15) is 5.56 Å². The number of ether oxygens (including phenoxy) is 1. The van der Waals surface area contributed by atoms with Gasteiger partial charge in [-0.3, -0.25) is 0 Å². The van der Waals surface area contributed by atoms with E-state index in [4.69, 9.17) is 4.74 Å². The third kappa shape index (κ3) is 3.37. The average molecular weight is 268 g/mol. The highest BCUT2D eigenvalue weighted by Gasteiger charge is 2.30. The summed E-state index contributed by atoms with van der Waals surface area (Å²) in [4.78, 5) is 3.97. The number of hydrogen-bond acceptors (Lipinski definition) is 3. The van der Waals surface area contributed by atoms with Crippen molar-refractivity contribution in [1.82, 2.24) is 4.98 Å². The van der Waals surface area contributed by atoms with Crippen molar-refractivity contribution in [2.24, 2.45) is 0 Å². The molecule has 0 saturated heterocycles. The van der Waals surface area contributed by atoms with Gasteiger partial charge in [-0.1, -0.05) is 0 Å². The zero-order chi connectivity index (χ0) is 13.9. The molecule has 0 saturated carbocycles. The Morgan fingerprint density at radius 3 is 2.37 bits per heavy atom. The van der Waals surface area contributed by atoms with Crippen molar-refractivity contribution in [2.45, 2.75) is 6.18 Å². The minimum absolute atomic E-state index is 0.300. The van der Waals surface area contributed by atoms with Crippen LogP contribution in [0.2, 0.25) is 0 Å². The fourth-order valence-corrected chi connectivity index (χ4v) is 1.45. The van der Waals surface area contributed by atoms with Crippen molar-refractivity contribution >= 4 is 5.69 Å². The molecule has 1 heterocycles. The van der Waals surface area contributed by atoms with E-state index in [0.29, 0.717) is 11.6 Å². The Hall–Kier alpha value is -2.24. The molecule has 2 rings (SSSR count). The summed E-state index contributed by atoms with van der Waals surface area (Å²) in [5, 5.41) is 2.91. The van der Waals surface area contributed by atoms with Gasteiger partial charge in [-0.2, -0.15) is 13.2 Å². The third-order valence-corrected chi connectivity index (χ3v) is 2.43. The van der Waals surface area contributed by atoms with E-state index in [0.717, 1.165) is 17.8 Å². The highest BCUT2D eigenvalue weighted by Crippen LogP contribution is 2.31. The number of halogens is 3. The summed E-state index contributed by atoms with van der Waals surface area (Å²) in [6.07, 6.45) is -2.80. The molecule has 6 heteroatoms. The highest BCUT2D eigenvalue weighted by molar-refractivity contribution is 5.45. The van der Waals surface area contributed by atoms with E-state index < -0.39 is 11.7 Å². The molecule has 1 aromatic heterocycles. The molecule has 0 atom stereocenters. The standard InChI is InChI=1S/C13H11F3N2O/c1-17-10-6-7-18-12(8-10)19-11-4-2-9(3-5-11)13(14,15)16/h2-8H,1H3,(H,17,18). The van der Waals surface area contributed by atoms with E-state index in [9.17, 15) is 13.2 Å². The predicted octanol–water partition coefficient (Wildman–Crippen LogP) is 3.93. The number of pyridine rings is 1. The quantitative estimate of drug-likeness (QED) is 0.915. The largest absolute Gasteiger partial charge is 0.439 e. The van der Waals surface area contributed by atoms with Crippen molar-refractivity contribution < 1.29 is 17.9 Å². The molecule has 0 fully saturated rings. The molecule has 0 amide bonds. The molecular formula is C13H11F3N2O. The van der Waals surface area contributed by atoms with Crippen LogP contribution in [0.25, 0.3) is 0 Å². The molecule has 0 unspecified atom stereocenters. The smallest absolute Gasteiger partial charge is 0.416 e. The molecule has 3 nitrogen and oxygen atoms in total. The van der Waals surface area contributed by atoms with Crippen molar-refractivity contribution in [2.75, 3.05) is 12.4 Å². The van der Waals surface area contributed by atoms with Gasteiger partial charge < -0.3 is 10.1 Å². The van der Waals surface area contributed by atoms with Crippen LogP contribution in [0.5, 0.6) is 11.6 Å². The summed E-state index contributed by atoms with van der Waals surface area (Å²) in [7, 11) is 1.75. The zero-order valence-corrected chi connectivity index (χ0v) is 10.0. The maximum Gasteiger partial charge on any atom is 0.416 e. The lowest BCUT2D eigenvalue weighted by molar-refractivity contribution is -0.137. The van der Waals surface area contributed by atoms with Crippen molar-refractivity contribution in [3.63, 3.8) is 0 Å². The van der Waals surface area contributed by atoms with E-state index in [1.807, 2.05) is 0 Å². The predicted molar refractivity (Wildman–Crippen MR) is 65.3 cm³/mol. The second-order valence-corrected chi connectivity index (χ2v) is 3.76. The second kappa shape index (κ2) is 5.17. The Balaban J connectivity index is 2.15. The van der Waals surface area contributed by atoms with Crippen molar-refractivity contribution in [3.05, 3.63) is 48.2 Å². The van der Waals surface area contributed by atoms with Gasteiger partial charge in [-0.05, 0) is 30.3 Å². The maximum absolute atomic E-state index is 12.4. The lowest BCUT2D eigenvalue weighted by atomic mass is 10.2. The van der Waals surface area contributed by atoms with Crippen LogP contribution in [0.15, 0.2) is 42.6 Å². The highest BCUT2D eigenvalue weighted by atomic mass is 19.4. The van der Waals surface area contributed by atoms with Crippen LogP contribution in [-0.2, 0) is 6.18 Å². The van der Waals surface area contributed by atoms with E-state index in [-0.39, 0.29) is 0 Å². The SMILES string of the molecule is CNc1ccnc(Oc2ccc(C(F)(F)F)cc2)c1. The van der Waals surface area contributed by atoms with Gasteiger partial charge in [0, 0.05) is 25.0 Å². The van der Waals surface area contributed by atoms with Gasteiger partial charge in [0.15, 0.2) is 0 Å². The van der Waals surface area contributed by atoms with Gasteiger partial charge in [0.2, 0.25) is 5.88 Å². The van der Waals surface area contributed by atoms with Gasteiger partial charge in [0.25, 0.3) is 0 Å². The number of nitrogens with zero attached hydrogens (tertiary/aromatic N) is 1.